The smallest absolute Gasteiger partial charge is 0.246 e. The predicted octanol–water partition coefficient (Wildman–Crippen LogP) is 4.13. The van der Waals surface area contributed by atoms with Gasteiger partial charge in [-0.3, -0.25) is 0 Å². The van der Waals surface area contributed by atoms with Crippen molar-refractivity contribution < 1.29 is 13.2 Å². The zero-order chi connectivity index (χ0) is 17.2. The summed E-state index contributed by atoms with van der Waals surface area (Å²) in [6, 6.07) is 10.1. The molecule has 23 heavy (non-hydrogen) atoms. The van der Waals surface area contributed by atoms with Gasteiger partial charge in [0, 0.05) is 13.6 Å². The van der Waals surface area contributed by atoms with Crippen LogP contribution in [0.3, 0.4) is 0 Å². The first-order valence-electron chi connectivity index (χ1n) is 6.80. The standard InChI is InChI=1S/C16H17Cl2NO3S/c1-11-4-7-15(22-3)16(8-11)23(20,21)19(2)10-12-5-6-13(17)14(18)9-12/h4-9H,10H2,1-3H3. The Hall–Kier alpha value is -1.27. The van der Waals surface area contributed by atoms with E-state index in [-0.39, 0.29) is 11.4 Å². The molecule has 0 saturated heterocycles. The van der Waals surface area contributed by atoms with Crippen molar-refractivity contribution in [1.29, 1.82) is 0 Å². The van der Waals surface area contributed by atoms with Gasteiger partial charge in [-0.15, -0.1) is 0 Å². The lowest BCUT2D eigenvalue weighted by Crippen LogP contribution is -2.27. The van der Waals surface area contributed by atoms with E-state index in [0.717, 1.165) is 11.1 Å². The van der Waals surface area contributed by atoms with Crippen LogP contribution in [0.5, 0.6) is 5.75 Å². The monoisotopic (exact) mass is 373 g/mol. The van der Waals surface area contributed by atoms with Crippen LogP contribution < -0.4 is 4.74 Å². The summed E-state index contributed by atoms with van der Waals surface area (Å²) in [5.74, 6) is 0.316. The normalized spacial score (nSPS) is 11.7. The van der Waals surface area contributed by atoms with E-state index in [1.165, 1.54) is 18.5 Å². The van der Waals surface area contributed by atoms with E-state index in [2.05, 4.69) is 0 Å². The number of methoxy groups -OCH3 is 1. The Bertz CT molecular complexity index is 822. The van der Waals surface area contributed by atoms with Gasteiger partial charge in [-0.2, -0.15) is 4.31 Å². The molecule has 0 unspecified atom stereocenters. The third-order valence-electron chi connectivity index (χ3n) is 3.40. The number of aryl methyl sites for hydroxylation is 1. The molecule has 0 aliphatic heterocycles. The van der Waals surface area contributed by atoms with Crippen LogP contribution in [0.1, 0.15) is 11.1 Å². The van der Waals surface area contributed by atoms with Crippen LogP contribution in [-0.2, 0) is 16.6 Å². The lowest BCUT2D eigenvalue weighted by atomic mass is 10.2. The number of halogens is 2. The quantitative estimate of drug-likeness (QED) is 0.791. The second-order valence-electron chi connectivity index (χ2n) is 5.16. The van der Waals surface area contributed by atoms with Gasteiger partial charge in [0.05, 0.1) is 17.2 Å². The van der Waals surface area contributed by atoms with E-state index >= 15 is 0 Å². The molecule has 2 aromatic carbocycles. The van der Waals surface area contributed by atoms with E-state index in [9.17, 15) is 8.42 Å². The SMILES string of the molecule is COc1ccc(C)cc1S(=O)(=O)N(C)Cc1ccc(Cl)c(Cl)c1. The average molecular weight is 374 g/mol. The van der Waals surface area contributed by atoms with Crippen molar-refractivity contribution in [3.05, 3.63) is 57.6 Å². The number of rotatable bonds is 5. The molecule has 0 bridgehead atoms. The van der Waals surface area contributed by atoms with Crippen LogP contribution in [-0.4, -0.2) is 26.9 Å². The van der Waals surface area contributed by atoms with E-state index in [1.54, 1.807) is 36.4 Å². The Morgan fingerprint density at radius 3 is 2.39 bits per heavy atom. The zero-order valence-electron chi connectivity index (χ0n) is 13.0. The van der Waals surface area contributed by atoms with Gasteiger partial charge in [-0.1, -0.05) is 35.3 Å². The Balaban J connectivity index is 2.35. The Morgan fingerprint density at radius 2 is 1.78 bits per heavy atom. The molecule has 124 valence electrons. The molecular weight excluding hydrogens is 357 g/mol. The van der Waals surface area contributed by atoms with Crippen LogP contribution in [0.4, 0.5) is 0 Å². The van der Waals surface area contributed by atoms with Crippen molar-refractivity contribution in [2.75, 3.05) is 14.2 Å². The minimum Gasteiger partial charge on any atom is -0.495 e. The van der Waals surface area contributed by atoms with Crippen LogP contribution in [0.15, 0.2) is 41.3 Å². The molecule has 0 spiro atoms. The number of sulfonamides is 1. The summed E-state index contributed by atoms with van der Waals surface area (Å²) >= 11 is 11.9. The maximum Gasteiger partial charge on any atom is 0.246 e. The molecule has 2 rings (SSSR count). The molecule has 0 N–H and O–H groups in total. The van der Waals surface area contributed by atoms with Gasteiger partial charge in [-0.05, 0) is 42.3 Å². The molecule has 0 radical (unpaired) electrons. The summed E-state index contributed by atoms with van der Waals surface area (Å²) in [4.78, 5) is 0.141. The fraction of sp³-hybridized carbons (Fsp3) is 0.250. The van der Waals surface area contributed by atoms with Gasteiger partial charge >= 0.3 is 0 Å². The van der Waals surface area contributed by atoms with Crippen molar-refractivity contribution in [1.82, 2.24) is 4.31 Å². The zero-order valence-corrected chi connectivity index (χ0v) is 15.3. The number of nitrogens with zero attached hydrogens (tertiary/aromatic N) is 1. The van der Waals surface area contributed by atoms with E-state index < -0.39 is 10.0 Å². The highest BCUT2D eigenvalue weighted by molar-refractivity contribution is 7.89. The van der Waals surface area contributed by atoms with Gasteiger partial charge < -0.3 is 4.74 Å². The number of hydrogen-bond acceptors (Lipinski definition) is 3. The van der Waals surface area contributed by atoms with Gasteiger partial charge in [0.25, 0.3) is 0 Å². The third-order valence-corrected chi connectivity index (χ3v) is 5.96. The average Bonchev–Trinajstić information content (AvgIpc) is 2.50. The Kier molecular flexibility index (Phi) is 5.57. The van der Waals surface area contributed by atoms with Gasteiger partial charge in [0.15, 0.2) is 0 Å². The molecule has 0 amide bonds. The van der Waals surface area contributed by atoms with Crippen molar-refractivity contribution in [3.8, 4) is 5.75 Å². The van der Waals surface area contributed by atoms with E-state index in [1.807, 2.05) is 6.92 Å². The first-order valence-corrected chi connectivity index (χ1v) is 9.00. The van der Waals surface area contributed by atoms with Crippen molar-refractivity contribution in [2.24, 2.45) is 0 Å². The summed E-state index contributed by atoms with van der Waals surface area (Å²) in [7, 11) is -0.733. The molecule has 0 atom stereocenters. The van der Waals surface area contributed by atoms with Crippen LogP contribution in [0, 0.1) is 6.92 Å². The molecule has 0 heterocycles. The summed E-state index contributed by atoms with van der Waals surface area (Å²) in [6.07, 6.45) is 0. The second kappa shape index (κ2) is 7.09. The first-order chi connectivity index (χ1) is 10.8. The molecule has 0 fully saturated rings. The van der Waals surface area contributed by atoms with Crippen LogP contribution in [0.2, 0.25) is 10.0 Å². The summed E-state index contributed by atoms with van der Waals surface area (Å²) in [5, 5.41) is 0.824. The largest absolute Gasteiger partial charge is 0.495 e. The summed E-state index contributed by atoms with van der Waals surface area (Å²) in [6.45, 7) is 2.01. The molecule has 7 heteroatoms. The van der Waals surface area contributed by atoms with Gasteiger partial charge in [0.1, 0.15) is 10.6 Å². The molecule has 2 aromatic rings. The summed E-state index contributed by atoms with van der Waals surface area (Å²) < 4.78 is 32.0. The molecule has 0 aliphatic carbocycles. The van der Waals surface area contributed by atoms with Gasteiger partial charge in [0.2, 0.25) is 10.0 Å². The Morgan fingerprint density at radius 1 is 1.09 bits per heavy atom. The second-order valence-corrected chi connectivity index (χ2v) is 7.99. The predicted molar refractivity (Wildman–Crippen MR) is 92.8 cm³/mol. The lowest BCUT2D eigenvalue weighted by molar-refractivity contribution is 0.397. The highest BCUT2D eigenvalue weighted by Gasteiger charge is 2.25. The number of benzene rings is 2. The lowest BCUT2D eigenvalue weighted by Gasteiger charge is -2.19. The Labute approximate surface area is 146 Å². The highest BCUT2D eigenvalue weighted by Crippen LogP contribution is 2.29. The minimum atomic E-state index is -3.69. The van der Waals surface area contributed by atoms with Crippen LogP contribution >= 0.6 is 23.2 Å². The van der Waals surface area contributed by atoms with Gasteiger partial charge in [-0.25, -0.2) is 8.42 Å². The fourth-order valence-electron chi connectivity index (χ4n) is 2.13. The van der Waals surface area contributed by atoms with Crippen molar-refractivity contribution in [3.63, 3.8) is 0 Å². The molecular formula is C16H17Cl2NO3S. The van der Waals surface area contributed by atoms with Crippen molar-refractivity contribution >= 4 is 33.2 Å². The molecule has 0 aromatic heterocycles. The summed E-state index contributed by atoms with van der Waals surface area (Å²) in [5.41, 5.74) is 1.59. The third kappa shape index (κ3) is 3.98. The minimum absolute atomic E-state index is 0.141. The maximum atomic E-state index is 12.8. The van der Waals surface area contributed by atoms with Crippen molar-refractivity contribution in [2.45, 2.75) is 18.4 Å². The maximum absolute atomic E-state index is 12.8. The topological polar surface area (TPSA) is 46.6 Å². The number of hydrogen-bond donors (Lipinski definition) is 0. The molecule has 0 saturated carbocycles. The highest BCUT2D eigenvalue weighted by atomic mass is 35.5. The number of ether oxygens (including phenoxy) is 1. The van der Waals surface area contributed by atoms with E-state index in [0.29, 0.717) is 15.8 Å². The molecule has 0 aliphatic rings. The first kappa shape index (κ1) is 18.1. The molecule has 4 nitrogen and oxygen atoms in total. The van der Waals surface area contributed by atoms with E-state index in [4.69, 9.17) is 27.9 Å². The van der Waals surface area contributed by atoms with Crippen LogP contribution in [0.25, 0.3) is 0 Å². The fourth-order valence-corrected chi connectivity index (χ4v) is 3.85.